The van der Waals surface area contributed by atoms with E-state index in [1.807, 2.05) is 32.0 Å². The van der Waals surface area contributed by atoms with Gasteiger partial charge < -0.3 is 15.6 Å². The number of hydrogen-bond donors (Lipinski definition) is 2. The van der Waals surface area contributed by atoms with E-state index in [1.54, 1.807) is 18.9 Å². The van der Waals surface area contributed by atoms with E-state index in [1.165, 1.54) is 0 Å². The summed E-state index contributed by atoms with van der Waals surface area (Å²) in [5, 5.41) is 9.23. The molecule has 90 valence electrons. The quantitative estimate of drug-likeness (QED) is 0.776. The van der Waals surface area contributed by atoms with Crippen LogP contribution in [-0.4, -0.2) is 24.1 Å². The Morgan fingerprint density at radius 1 is 1.44 bits per heavy atom. The number of aliphatic hydroxyl groups is 1. The maximum Gasteiger partial charge on any atom is 0.124 e. The topological polar surface area (TPSA) is 55.5 Å². The van der Waals surface area contributed by atoms with Crippen molar-refractivity contribution < 1.29 is 9.84 Å². The first kappa shape index (κ1) is 13.4. The number of aliphatic hydroxyl groups excluding tert-OH is 1. The zero-order chi connectivity index (χ0) is 12.1. The van der Waals surface area contributed by atoms with Gasteiger partial charge in [0.15, 0.2) is 0 Å². The lowest BCUT2D eigenvalue weighted by atomic mass is 10.1. The third-order valence-corrected chi connectivity index (χ3v) is 3.45. The summed E-state index contributed by atoms with van der Waals surface area (Å²) in [4.78, 5) is 1.08. The highest BCUT2D eigenvalue weighted by atomic mass is 32.2. The molecule has 0 saturated heterocycles. The van der Waals surface area contributed by atoms with Crippen molar-refractivity contribution in [1.82, 2.24) is 0 Å². The largest absolute Gasteiger partial charge is 0.496 e. The molecule has 3 nitrogen and oxygen atoms in total. The maximum atomic E-state index is 9.07. The van der Waals surface area contributed by atoms with Gasteiger partial charge in [-0.1, -0.05) is 13.0 Å². The molecule has 0 saturated carbocycles. The average Bonchev–Trinajstić information content (AvgIpc) is 2.28. The highest BCUT2D eigenvalue weighted by Gasteiger charge is 2.15. The van der Waals surface area contributed by atoms with Crippen molar-refractivity contribution in [1.29, 1.82) is 0 Å². The molecule has 1 aromatic rings. The first-order chi connectivity index (χ1) is 7.60. The molecule has 0 amide bonds. The van der Waals surface area contributed by atoms with Gasteiger partial charge in [0.25, 0.3) is 0 Å². The van der Waals surface area contributed by atoms with Gasteiger partial charge in [0.1, 0.15) is 5.75 Å². The molecular weight excluding hydrogens is 222 g/mol. The summed E-state index contributed by atoms with van der Waals surface area (Å²) in [5.41, 5.74) is 6.96. The Morgan fingerprint density at radius 2 is 2.12 bits per heavy atom. The van der Waals surface area contributed by atoms with Crippen molar-refractivity contribution in [3.05, 3.63) is 23.8 Å². The van der Waals surface area contributed by atoms with Gasteiger partial charge in [-0.3, -0.25) is 0 Å². The zero-order valence-electron chi connectivity index (χ0n) is 9.93. The summed E-state index contributed by atoms with van der Waals surface area (Å²) in [7, 11) is 1.64. The summed E-state index contributed by atoms with van der Waals surface area (Å²) < 4.78 is 5.31. The molecule has 2 unspecified atom stereocenters. The number of nitrogens with two attached hydrogens (primary N) is 1. The second-order valence-corrected chi connectivity index (χ2v) is 5.25. The van der Waals surface area contributed by atoms with Crippen molar-refractivity contribution in [2.75, 3.05) is 13.7 Å². The Kier molecular flexibility index (Phi) is 5.12. The fourth-order valence-electron chi connectivity index (χ4n) is 1.51. The molecule has 1 aromatic carbocycles. The first-order valence-corrected chi connectivity index (χ1v) is 6.18. The Hall–Kier alpha value is -0.710. The molecule has 0 heterocycles. The molecule has 0 radical (unpaired) electrons. The monoisotopic (exact) mass is 241 g/mol. The van der Waals surface area contributed by atoms with Crippen LogP contribution in [0.25, 0.3) is 0 Å². The Balaban J connectivity index is 3.07. The summed E-state index contributed by atoms with van der Waals surface area (Å²) >= 11 is 1.62. The fourth-order valence-corrected chi connectivity index (χ4v) is 2.59. The van der Waals surface area contributed by atoms with Gasteiger partial charge in [0.05, 0.1) is 13.7 Å². The number of ether oxygens (including phenoxy) is 1. The minimum Gasteiger partial charge on any atom is -0.496 e. The second kappa shape index (κ2) is 6.13. The molecule has 3 N–H and O–H groups in total. The number of hydrogen-bond acceptors (Lipinski definition) is 4. The molecule has 1 rings (SSSR count). The van der Waals surface area contributed by atoms with Crippen LogP contribution in [0.15, 0.2) is 23.1 Å². The zero-order valence-corrected chi connectivity index (χ0v) is 10.8. The van der Waals surface area contributed by atoms with E-state index in [4.69, 9.17) is 15.6 Å². The van der Waals surface area contributed by atoms with Gasteiger partial charge in [-0.05, 0) is 19.1 Å². The molecule has 0 aliphatic carbocycles. The first-order valence-electron chi connectivity index (χ1n) is 5.30. The Morgan fingerprint density at radius 3 is 2.62 bits per heavy atom. The van der Waals surface area contributed by atoms with Gasteiger partial charge in [-0.15, -0.1) is 11.8 Å². The molecule has 0 spiro atoms. The van der Waals surface area contributed by atoms with E-state index in [-0.39, 0.29) is 17.9 Å². The normalized spacial score (nSPS) is 14.6. The molecule has 2 atom stereocenters. The van der Waals surface area contributed by atoms with E-state index in [0.717, 1.165) is 16.2 Å². The van der Waals surface area contributed by atoms with Crippen LogP contribution in [0.3, 0.4) is 0 Å². The van der Waals surface area contributed by atoms with Crippen LogP contribution < -0.4 is 10.5 Å². The smallest absolute Gasteiger partial charge is 0.124 e. The predicted molar refractivity (Wildman–Crippen MR) is 68.0 cm³/mol. The van der Waals surface area contributed by atoms with Crippen molar-refractivity contribution >= 4 is 11.8 Å². The molecule has 0 aliphatic heterocycles. The van der Waals surface area contributed by atoms with Crippen molar-refractivity contribution in [2.45, 2.75) is 30.0 Å². The lowest BCUT2D eigenvalue weighted by Crippen LogP contribution is -2.10. The molecule has 0 aliphatic rings. The van der Waals surface area contributed by atoms with Gasteiger partial charge in [0, 0.05) is 21.8 Å². The van der Waals surface area contributed by atoms with E-state index in [2.05, 4.69) is 0 Å². The Bertz CT molecular complexity index is 342. The summed E-state index contributed by atoms with van der Waals surface area (Å²) in [6.07, 6.45) is 0. The van der Waals surface area contributed by atoms with Crippen molar-refractivity contribution in [3.8, 4) is 5.75 Å². The predicted octanol–water partition coefficient (Wildman–Crippen LogP) is 2.19. The van der Waals surface area contributed by atoms with Gasteiger partial charge >= 0.3 is 0 Å². The Labute approximate surface area is 101 Å². The van der Waals surface area contributed by atoms with Crippen LogP contribution in [-0.2, 0) is 0 Å². The van der Waals surface area contributed by atoms with Gasteiger partial charge in [0.2, 0.25) is 0 Å². The summed E-state index contributed by atoms with van der Waals surface area (Å²) in [6, 6.07) is 5.78. The van der Waals surface area contributed by atoms with Gasteiger partial charge in [-0.2, -0.15) is 0 Å². The van der Waals surface area contributed by atoms with Crippen molar-refractivity contribution in [2.24, 2.45) is 5.73 Å². The highest BCUT2D eigenvalue weighted by Crippen LogP contribution is 2.35. The SMILES string of the molecule is COc1cccc(SC(C)CO)c1C(C)N. The molecule has 4 heteroatoms. The average molecular weight is 241 g/mol. The van der Waals surface area contributed by atoms with E-state index in [9.17, 15) is 0 Å². The van der Waals surface area contributed by atoms with E-state index >= 15 is 0 Å². The molecular formula is C12H19NO2S. The summed E-state index contributed by atoms with van der Waals surface area (Å²) in [6.45, 7) is 4.07. The lowest BCUT2D eigenvalue weighted by Gasteiger charge is -2.18. The third kappa shape index (κ3) is 3.14. The van der Waals surface area contributed by atoms with Gasteiger partial charge in [-0.25, -0.2) is 0 Å². The van der Waals surface area contributed by atoms with Crippen LogP contribution in [0, 0.1) is 0 Å². The van der Waals surface area contributed by atoms with Crippen LogP contribution >= 0.6 is 11.8 Å². The minimum atomic E-state index is -0.0791. The minimum absolute atomic E-state index is 0.0791. The molecule has 0 fully saturated rings. The second-order valence-electron chi connectivity index (χ2n) is 3.77. The third-order valence-electron chi connectivity index (χ3n) is 2.29. The lowest BCUT2D eigenvalue weighted by molar-refractivity contribution is 0.300. The highest BCUT2D eigenvalue weighted by molar-refractivity contribution is 8.00. The molecule has 0 aromatic heterocycles. The number of thioether (sulfide) groups is 1. The summed E-state index contributed by atoms with van der Waals surface area (Å²) in [5.74, 6) is 0.810. The van der Waals surface area contributed by atoms with E-state index < -0.39 is 0 Å². The number of benzene rings is 1. The van der Waals surface area contributed by atoms with Crippen LogP contribution in [0.5, 0.6) is 5.75 Å². The molecule has 0 bridgehead atoms. The standard InChI is InChI=1S/C12H19NO2S/c1-8(7-14)16-11-6-4-5-10(15-3)12(11)9(2)13/h4-6,8-9,14H,7,13H2,1-3H3. The number of rotatable bonds is 5. The maximum absolute atomic E-state index is 9.07. The van der Waals surface area contributed by atoms with E-state index in [0.29, 0.717) is 0 Å². The number of methoxy groups -OCH3 is 1. The van der Waals surface area contributed by atoms with Crippen LogP contribution in [0.1, 0.15) is 25.5 Å². The molecule has 16 heavy (non-hydrogen) atoms. The fraction of sp³-hybridized carbons (Fsp3) is 0.500. The van der Waals surface area contributed by atoms with Crippen LogP contribution in [0.4, 0.5) is 0 Å². The van der Waals surface area contributed by atoms with Crippen LogP contribution in [0.2, 0.25) is 0 Å². The van der Waals surface area contributed by atoms with Crippen molar-refractivity contribution in [3.63, 3.8) is 0 Å².